The van der Waals surface area contributed by atoms with Crippen molar-refractivity contribution in [1.29, 1.82) is 0 Å². The van der Waals surface area contributed by atoms with Crippen LogP contribution in [-0.4, -0.2) is 21.5 Å². The molecule has 3 rings (SSSR count). The quantitative estimate of drug-likeness (QED) is 0.843. The maximum absolute atomic E-state index is 13.1. The van der Waals surface area contributed by atoms with Crippen molar-refractivity contribution < 1.29 is 12.8 Å². The SMILES string of the molecule is Cl.O=S(=O)(NCC1NCCc2ccccc21)c1ccc(F)cc1Cl. The van der Waals surface area contributed by atoms with Gasteiger partial charge < -0.3 is 5.32 Å². The Balaban J connectivity index is 0.00000208. The fourth-order valence-corrected chi connectivity index (χ4v) is 4.32. The highest BCUT2D eigenvalue weighted by Gasteiger charge is 2.23. The third kappa shape index (κ3) is 4.07. The first kappa shape index (κ1) is 19.1. The molecule has 2 aromatic carbocycles. The van der Waals surface area contributed by atoms with Crippen LogP contribution in [0.15, 0.2) is 47.4 Å². The summed E-state index contributed by atoms with van der Waals surface area (Å²) in [6, 6.07) is 11.1. The van der Waals surface area contributed by atoms with Gasteiger partial charge in [0.05, 0.1) is 5.02 Å². The summed E-state index contributed by atoms with van der Waals surface area (Å²) in [5.74, 6) is -0.572. The Morgan fingerprint density at radius 2 is 2.00 bits per heavy atom. The molecule has 1 atom stereocenters. The number of sulfonamides is 1. The first-order chi connectivity index (χ1) is 11.0. The zero-order valence-electron chi connectivity index (χ0n) is 12.6. The average molecular weight is 391 g/mol. The standard InChI is InChI=1S/C16H16ClFN2O2S.ClH/c17-14-9-12(18)5-6-16(14)23(21,22)20-10-15-13-4-2-1-3-11(13)7-8-19-15;/h1-6,9,15,19-20H,7-8,10H2;1H. The fraction of sp³-hybridized carbons (Fsp3) is 0.250. The molecule has 0 aromatic heterocycles. The Labute approximate surface area is 151 Å². The lowest BCUT2D eigenvalue weighted by Crippen LogP contribution is -2.38. The normalized spacial score (nSPS) is 17.0. The molecule has 24 heavy (non-hydrogen) atoms. The molecule has 2 aromatic rings. The summed E-state index contributed by atoms with van der Waals surface area (Å²) in [7, 11) is -3.80. The van der Waals surface area contributed by atoms with E-state index in [0.29, 0.717) is 0 Å². The molecule has 1 heterocycles. The number of nitrogens with one attached hydrogen (secondary N) is 2. The molecule has 0 saturated heterocycles. The Morgan fingerprint density at radius 1 is 1.25 bits per heavy atom. The van der Waals surface area contributed by atoms with Gasteiger partial charge in [-0.3, -0.25) is 0 Å². The molecular weight excluding hydrogens is 374 g/mol. The van der Waals surface area contributed by atoms with Crippen molar-refractivity contribution in [3.63, 3.8) is 0 Å². The molecule has 0 radical (unpaired) electrons. The molecule has 0 bridgehead atoms. The minimum absolute atomic E-state index is 0. The third-order valence-corrected chi connectivity index (χ3v) is 5.78. The summed E-state index contributed by atoms with van der Waals surface area (Å²) in [6.45, 7) is 0.994. The smallest absolute Gasteiger partial charge is 0.242 e. The van der Waals surface area contributed by atoms with Crippen LogP contribution in [-0.2, 0) is 16.4 Å². The van der Waals surface area contributed by atoms with Crippen LogP contribution in [0.3, 0.4) is 0 Å². The lowest BCUT2D eigenvalue weighted by Gasteiger charge is -2.27. The van der Waals surface area contributed by atoms with Crippen molar-refractivity contribution in [2.24, 2.45) is 0 Å². The van der Waals surface area contributed by atoms with E-state index in [-0.39, 0.29) is 34.9 Å². The molecule has 2 N–H and O–H groups in total. The first-order valence-corrected chi connectivity index (χ1v) is 9.09. The van der Waals surface area contributed by atoms with Gasteiger partial charge >= 0.3 is 0 Å². The predicted octanol–water partition coefficient (Wildman–Crippen LogP) is 3.07. The highest BCUT2D eigenvalue weighted by molar-refractivity contribution is 7.89. The van der Waals surface area contributed by atoms with Crippen LogP contribution >= 0.6 is 24.0 Å². The van der Waals surface area contributed by atoms with Gasteiger partial charge in [-0.2, -0.15) is 0 Å². The van der Waals surface area contributed by atoms with Crippen molar-refractivity contribution in [1.82, 2.24) is 10.0 Å². The topological polar surface area (TPSA) is 58.2 Å². The number of benzene rings is 2. The molecule has 0 amide bonds. The molecule has 0 spiro atoms. The van der Waals surface area contributed by atoms with Crippen molar-refractivity contribution in [2.75, 3.05) is 13.1 Å². The van der Waals surface area contributed by atoms with Gasteiger partial charge in [0, 0.05) is 12.6 Å². The summed E-state index contributed by atoms with van der Waals surface area (Å²) in [4.78, 5) is -0.121. The predicted molar refractivity (Wildman–Crippen MR) is 94.7 cm³/mol. The van der Waals surface area contributed by atoms with Gasteiger partial charge in [-0.25, -0.2) is 17.5 Å². The van der Waals surface area contributed by atoms with Gasteiger partial charge in [-0.05, 0) is 42.3 Å². The maximum Gasteiger partial charge on any atom is 0.242 e. The van der Waals surface area contributed by atoms with E-state index in [4.69, 9.17) is 11.6 Å². The number of halogens is 3. The average Bonchev–Trinajstić information content (AvgIpc) is 2.52. The van der Waals surface area contributed by atoms with Crippen LogP contribution in [0, 0.1) is 5.82 Å². The van der Waals surface area contributed by atoms with Crippen LogP contribution < -0.4 is 10.0 Å². The van der Waals surface area contributed by atoms with E-state index in [1.54, 1.807) is 0 Å². The van der Waals surface area contributed by atoms with E-state index in [1.165, 1.54) is 11.6 Å². The molecule has 0 fully saturated rings. The van der Waals surface area contributed by atoms with Crippen molar-refractivity contribution >= 4 is 34.0 Å². The minimum atomic E-state index is -3.80. The molecule has 4 nitrogen and oxygen atoms in total. The van der Waals surface area contributed by atoms with E-state index < -0.39 is 15.8 Å². The van der Waals surface area contributed by atoms with Crippen molar-refractivity contribution in [3.8, 4) is 0 Å². The maximum atomic E-state index is 13.1. The number of hydrogen-bond acceptors (Lipinski definition) is 3. The Morgan fingerprint density at radius 3 is 2.75 bits per heavy atom. The Kier molecular flexibility index (Phi) is 6.22. The second-order valence-electron chi connectivity index (χ2n) is 5.38. The number of hydrogen-bond donors (Lipinski definition) is 2. The fourth-order valence-electron chi connectivity index (χ4n) is 2.74. The molecule has 0 aliphatic carbocycles. The van der Waals surface area contributed by atoms with Gasteiger partial charge in [0.2, 0.25) is 10.0 Å². The second-order valence-corrected chi connectivity index (χ2v) is 7.52. The van der Waals surface area contributed by atoms with Gasteiger partial charge in [0.25, 0.3) is 0 Å². The van der Waals surface area contributed by atoms with Crippen molar-refractivity contribution in [2.45, 2.75) is 17.4 Å². The van der Waals surface area contributed by atoms with E-state index in [9.17, 15) is 12.8 Å². The number of rotatable bonds is 4. The van der Waals surface area contributed by atoms with E-state index >= 15 is 0 Å². The van der Waals surface area contributed by atoms with Crippen LogP contribution in [0.1, 0.15) is 17.2 Å². The van der Waals surface area contributed by atoms with Gasteiger partial charge in [-0.15, -0.1) is 12.4 Å². The summed E-state index contributed by atoms with van der Waals surface area (Å²) in [5, 5.41) is 3.17. The first-order valence-electron chi connectivity index (χ1n) is 7.23. The van der Waals surface area contributed by atoms with E-state index in [0.717, 1.165) is 30.7 Å². The van der Waals surface area contributed by atoms with Crippen LogP contribution in [0.4, 0.5) is 4.39 Å². The van der Waals surface area contributed by atoms with Crippen LogP contribution in [0.2, 0.25) is 5.02 Å². The lowest BCUT2D eigenvalue weighted by atomic mass is 9.95. The Bertz CT molecular complexity index is 831. The zero-order chi connectivity index (χ0) is 16.4. The molecule has 0 saturated carbocycles. The molecule has 1 aliphatic heterocycles. The molecule has 8 heteroatoms. The molecule has 1 unspecified atom stereocenters. The molecular formula is C16H17Cl2FN2O2S. The van der Waals surface area contributed by atoms with Gasteiger partial charge in [0.1, 0.15) is 10.7 Å². The zero-order valence-corrected chi connectivity index (χ0v) is 15.0. The summed E-state index contributed by atoms with van der Waals surface area (Å²) < 4.78 is 40.4. The highest BCUT2D eigenvalue weighted by atomic mass is 35.5. The van der Waals surface area contributed by atoms with Crippen molar-refractivity contribution in [3.05, 3.63) is 64.4 Å². The monoisotopic (exact) mass is 390 g/mol. The minimum Gasteiger partial charge on any atom is -0.308 e. The molecule has 130 valence electrons. The summed E-state index contributed by atoms with van der Waals surface area (Å²) in [5.41, 5.74) is 2.31. The van der Waals surface area contributed by atoms with Gasteiger partial charge in [-0.1, -0.05) is 35.9 Å². The summed E-state index contributed by atoms with van der Waals surface area (Å²) >= 11 is 5.84. The molecule has 1 aliphatic rings. The summed E-state index contributed by atoms with van der Waals surface area (Å²) in [6.07, 6.45) is 0.920. The van der Waals surface area contributed by atoms with E-state index in [2.05, 4.69) is 16.1 Å². The largest absolute Gasteiger partial charge is 0.308 e. The van der Waals surface area contributed by atoms with Crippen LogP contribution in [0.25, 0.3) is 0 Å². The third-order valence-electron chi connectivity index (χ3n) is 3.88. The lowest BCUT2D eigenvalue weighted by molar-refractivity contribution is 0.491. The second kappa shape index (κ2) is 7.80. The Hall–Kier alpha value is -1.18. The highest BCUT2D eigenvalue weighted by Crippen LogP contribution is 2.24. The van der Waals surface area contributed by atoms with Gasteiger partial charge in [0.15, 0.2) is 0 Å². The van der Waals surface area contributed by atoms with E-state index in [1.807, 2.05) is 18.2 Å². The van der Waals surface area contributed by atoms with Crippen LogP contribution in [0.5, 0.6) is 0 Å². The number of fused-ring (bicyclic) bond motifs is 1.